The minimum Gasteiger partial charge on any atom is -0.376 e. The summed E-state index contributed by atoms with van der Waals surface area (Å²) in [6.45, 7) is 1.45. The first-order valence-electron chi connectivity index (χ1n) is 7.86. The molecule has 2 aromatic rings. The van der Waals surface area contributed by atoms with Crippen molar-refractivity contribution in [3.05, 3.63) is 71.0 Å². The van der Waals surface area contributed by atoms with Crippen LogP contribution in [0.25, 0.3) is 0 Å². The van der Waals surface area contributed by atoms with Crippen LogP contribution in [0.5, 0.6) is 0 Å². The van der Waals surface area contributed by atoms with Crippen LogP contribution in [0.2, 0.25) is 0 Å². The van der Waals surface area contributed by atoms with E-state index in [1.54, 1.807) is 0 Å². The van der Waals surface area contributed by atoms with Gasteiger partial charge in [-0.2, -0.15) is 5.26 Å². The zero-order chi connectivity index (χ0) is 16.1. The summed E-state index contributed by atoms with van der Waals surface area (Å²) >= 11 is 0. The van der Waals surface area contributed by atoms with E-state index in [1.807, 2.05) is 36.4 Å². The summed E-state index contributed by atoms with van der Waals surface area (Å²) in [4.78, 5) is 0. The second-order valence-electron chi connectivity index (χ2n) is 5.77. The number of nitrogens with one attached hydrogen (secondary N) is 1. The molecule has 2 aromatic carbocycles. The molecule has 23 heavy (non-hydrogen) atoms. The Morgan fingerprint density at radius 3 is 2.52 bits per heavy atom. The van der Waals surface area contributed by atoms with Gasteiger partial charge in [0.25, 0.3) is 0 Å². The normalized spacial score (nSPS) is 18.5. The van der Waals surface area contributed by atoms with E-state index in [2.05, 4.69) is 11.4 Å². The van der Waals surface area contributed by atoms with Crippen molar-refractivity contribution in [1.29, 1.82) is 5.26 Å². The fraction of sp³-hybridized carbons (Fsp3) is 0.316. The molecule has 3 rings (SSSR count). The van der Waals surface area contributed by atoms with Gasteiger partial charge in [0.2, 0.25) is 0 Å². The Morgan fingerprint density at radius 1 is 1.17 bits per heavy atom. The predicted octanol–water partition coefficient (Wildman–Crippen LogP) is 3.71. The number of benzene rings is 2. The third kappa shape index (κ3) is 3.95. The monoisotopic (exact) mass is 310 g/mol. The van der Waals surface area contributed by atoms with Crippen molar-refractivity contribution in [3.8, 4) is 6.07 Å². The lowest BCUT2D eigenvalue weighted by molar-refractivity contribution is 0.0776. The molecule has 2 unspecified atom stereocenters. The van der Waals surface area contributed by atoms with Crippen LogP contribution in [0.4, 0.5) is 4.39 Å². The Bertz CT molecular complexity index is 670. The highest BCUT2D eigenvalue weighted by atomic mass is 19.1. The van der Waals surface area contributed by atoms with Gasteiger partial charge in [-0.05, 0) is 48.2 Å². The Balaban J connectivity index is 1.72. The quantitative estimate of drug-likeness (QED) is 0.915. The topological polar surface area (TPSA) is 45.0 Å². The summed E-state index contributed by atoms with van der Waals surface area (Å²) in [6, 6.07) is 16.3. The number of nitriles is 1. The molecule has 0 amide bonds. The lowest BCUT2D eigenvalue weighted by Gasteiger charge is -2.25. The molecule has 1 N–H and O–H groups in total. The Morgan fingerprint density at radius 2 is 1.91 bits per heavy atom. The van der Waals surface area contributed by atoms with Crippen LogP contribution in [0, 0.1) is 17.1 Å². The molecule has 0 aromatic heterocycles. The van der Waals surface area contributed by atoms with Gasteiger partial charge in [-0.1, -0.05) is 24.3 Å². The molecule has 0 spiro atoms. The number of hydrogen-bond donors (Lipinski definition) is 1. The minimum atomic E-state index is -0.230. The van der Waals surface area contributed by atoms with Gasteiger partial charge in [-0.15, -0.1) is 0 Å². The summed E-state index contributed by atoms with van der Waals surface area (Å²) in [5.74, 6) is -0.230. The van der Waals surface area contributed by atoms with Crippen LogP contribution in [-0.4, -0.2) is 12.7 Å². The Hall–Kier alpha value is -2.22. The number of nitrogens with zero attached hydrogens (tertiary/aromatic N) is 1. The molecule has 0 aliphatic carbocycles. The summed E-state index contributed by atoms with van der Waals surface area (Å²) in [5, 5.41) is 12.4. The maximum atomic E-state index is 13.2. The number of rotatable bonds is 5. The minimum absolute atomic E-state index is 0.0359. The van der Waals surface area contributed by atoms with Crippen molar-refractivity contribution in [3.63, 3.8) is 0 Å². The first kappa shape index (κ1) is 15.7. The number of halogens is 1. The Labute approximate surface area is 135 Å². The molecule has 3 nitrogen and oxygen atoms in total. The number of hydrogen-bond acceptors (Lipinski definition) is 3. The van der Waals surface area contributed by atoms with Crippen molar-refractivity contribution in [1.82, 2.24) is 5.32 Å². The fourth-order valence-electron chi connectivity index (χ4n) is 2.92. The second-order valence-corrected chi connectivity index (χ2v) is 5.77. The zero-order valence-corrected chi connectivity index (χ0v) is 12.8. The van der Waals surface area contributed by atoms with Crippen LogP contribution in [0.15, 0.2) is 48.5 Å². The van der Waals surface area contributed by atoms with Crippen molar-refractivity contribution in [2.75, 3.05) is 6.61 Å². The van der Waals surface area contributed by atoms with Crippen molar-refractivity contribution in [2.24, 2.45) is 0 Å². The lowest BCUT2D eigenvalue weighted by Crippen LogP contribution is -2.31. The van der Waals surface area contributed by atoms with Crippen LogP contribution in [0.3, 0.4) is 0 Å². The molecule has 0 saturated carbocycles. The molecule has 2 atom stereocenters. The van der Waals surface area contributed by atoms with Gasteiger partial charge >= 0.3 is 0 Å². The number of ether oxygens (including phenoxy) is 1. The van der Waals surface area contributed by atoms with Crippen molar-refractivity contribution >= 4 is 0 Å². The summed E-state index contributed by atoms with van der Waals surface area (Å²) < 4.78 is 19.0. The molecule has 1 fully saturated rings. The fourth-order valence-corrected chi connectivity index (χ4v) is 2.92. The maximum Gasteiger partial charge on any atom is 0.123 e. The molecule has 1 saturated heterocycles. The molecular weight excluding hydrogens is 291 g/mol. The molecule has 118 valence electrons. The summed E-state index contributed by atoms with van der Waals surface area (Å²) in [5.41, 5.74) is 2.80. The van der Waals surface area contributed by atoms with Crippen LogP contribution < -0.4 is 5.32 Å². The van der Waals surface area contributed by atoms with Crippen molar-refractivity contribution in [2.45, 2.75) is 31.5 Å². The first-order valence-corrected chi connectivity index (χ1v) is 7.86. The molecule has 0 radical (unpaired) electrons. The van der Waals surface area contributed by atoms with Crippen LogP contribution in [-0.2, 0) is 11.3 Å². The van der Waals surface area contributed by atoms with Gasteiger partial charge in [-0.3, -0.25) is 0 Å². The average molecular weight is 310 g/mol. The van der Waals surface area contributed by atoms with E-state index in [0.29, 0.717) is 12.1 Å². The maximum absolute atomic E-state index is 13.2. The van der Waals surface area contributed by atoms with E-state index in [0.717, 1.165) is 30.6 Å². The standard InChI is InChI=1S/C19H19FN2O/c20-17-9-7-16(8-10-17)19(18-2-1-11-23-18)22-13-15-5-3-14(12-21)4-6-15/h3-10,18-19,22H,1-2,11,13H2. The van der Waals surface area contributed by atoms with E-state index in [9.17, 15) is 4.39 Å². The van der Waals surface area contributed by atoms with E-state index in [-0.39, 0.29) is 18.0 Å². The highest BCUT2D eigenvalue weighted by molar-refractivity contribution is 5.31. The molecule has 0 bridgehead atoms. The summed E-state index contributed by atoms with van der Waals surface area (Å²) in [7, 11) is 0. The van der Waals surface area contributed by atoms with Gasteiger partial charge in [0.1, 0.15) is 5.82 Å². The largest absolute Gasteiger partial charge is 0.376 e. The SMILES string of the molecule is N#Cc1ccc(CNC(c2ccc(F)cc2)C2CCCO2)cc1. The molecule has 1 aliphatic rings. The van der Waals surface area contributed by atoms with E-state index < -0.39 is 0 Å². The third-order valence-corrected chi connectivity index (χ3v) is 4.17. The van der Waals surface area contributed by atoms with E-state index in [1.165, 1.54) is 12.1 Å². The second kappa shape index (κ2) is 7.36. The molecular formula is C19H19FN2O. The van der Waals surface area contributed by atoms with Crippen LogP contribution >= 0.6 is 0 Å². The van der Waals surface area contributed by atoms with Crippen LogP contribution in [0.1, 0.15) is 35.6 Å². The van der Waals surface area contributed by atoms with E-state index >= 15 is 0 Å². The first-order chi connectivity index (χ1) is 11.3. The van der Waals surface area contributed by atoms with Gasteiger partial charge in [0.15, 0.2) is 0 Å². The van der Waals surface area contributed by atoms with E-state index in [4.69, 9.17) is 10.00 Å². The molecule has 1 heterocycles. The van der Waals surface area contributed by atoms with Crippen molar-refractivity contribution < 1.29 is 9.13 Å². The third-order valence-electron chi connectivity index (χ3n) is 4.17. The summed E-state index contributed by atoms with van der Waals surface area (Å²) in [6.07, 6.45) is 2.17. The van der Waals surface area contributed by atoms with Gasteiger partial charge in [0.05, 0.1) is 23.8 Å². The lowest BCUT2D eigenvalue weighted by atomic mass is 9.99. The highest BCUT2D eigenvalue weighted by Gasteiger charge is 2.26. The van der Waals surface area contributed by atoms with Gasteiger partial charge in [0, 0.05) is 13.2 Å². The average Bonchev–Trinajstić information content (AvgIpc) is 3.11. The zero-order valence-electron chi connectivity index (χ0n) is 12.8. The van der Waals surface area contributed by atoms with Gasteiger partial charge < -0.3 is 10.1 Å². The Kier molecular flexibility index (Phi) is 5.02. The van der Waals surface area contributed by atoms with Gasteiger partial charge in [-0.25, -0.2) is 4.39 Å². The smallest absolute Gasteiger partial charge is 0.123 e. The molecule has 4 heteroatoms. The predicted molar refractivity (Wildman–Crippen MR) is 86.1 cm³/mol. The highest BCUT2D eigenvalue weighted by Crippen LogP contribution is 2.27. The molecule has 1 aliphatic heterocycles.